The second kappa shape index (κ2) is 14.2. The predicted molar refractivity (Wildman–Crippen MR) is 237 cm³/mol. The van der Waals surface area contributed by atoms with Gasteiger partial charge in [0.2, 0.25) is 0 Å². The maximum absolute atomic E-state index is 5.41. The molecular formula is C53H43N3. The molecule has 3 heteroatoms. The van der Waals surface area contributed by atoms with E-state index in [0.29, 0.717) is 5.92 Å². The van der Waals surface area contributed by atoms with Crippen molar-refractivity contribution in [1.82, 2.24) is 5.32 Å². The largest absolute Gasteiger partial charge is 0.344 e. The lowest BCUT2D eigenvalue weighted by molar-refractivity contribution is 0.615. The van der Waals surface area contributed by atoms with E-state index in [1.807, 2.05) is 0 Å². The number of benzene rings is 7. The van der Waals surface area contributed by atoms with Crippen LogP contribution in [0.5, 0.6) is 0 Å². The molecule has 0 bridgehead atoms. The lowest BCUT2D eigenvalue weighted by Crippen LogP contribution is -2.40. The van der Waals surface area contributed by atoms with Gasteiger partial charge in [-0.3, -0.25) is 0 Å². The molecule has 3 nitrogen and oxygen atoms in total. The van der Waals surface area contributed by atoms with Gasteiger partial charge in [-0.05, 0) is 90.0 Å². The number of hydrogen-bond donors (Lipinski definition) is 1. The summed E-state index contributed by atoms with van der Waals surface area (Å²) in [5, 5.41) is 11.4. The van der Waals surface area contributed by atoms with E-state index in [9.17, 15) is 0 Å². The highest BCUT2D eigenvalue weighted by Crippen LogP contribution is 2.45. The molecule has 0 amide bonds. The zero-order valence-corrected chi connectivity index (χ0v) is 31.7. The Morgan fingerprint density at radius 1 is 0.571 bits per heavy atom. The van der Waals surface area contributed by atoms with Crippen LogP contribution in [0.1, 0.15) is 42.9 Å². The molecule has 270 valence electrons. The number of hydrogen-bond acceptors (Lipinski definition) is 3. The number of fused-ring (bicyclic) bond motifs is 4. The fraction of sp³-hybridized carbons (Fsp3) is 0.132. The predicted octanol–water partition coefficient (Wildman–Crippen LogP) is 12.9. The third-order valence-corrected chi connectivity index (χ3v) is 11.7. The van der Waals surface area contributed by atoms with Gasteiger partial charge in [0, 0.05) is 17.1 Å². The van der Waals surface area contributed by atoms with Crippen LogP contribution in [0.2, 0.25) is 0 Å². The molecule has 0 aromatic heterocycles. The smallest absolute Gasteiger partial charge is 0.159 e. The van der Waals surface area contributed by atoms with Crippen molar-refractivity contribution in [2.45, 2.75) is 32.4 Å². The molecule has 7 aromatic carbocycles. The van der Waals surface area contributed by atoms with E-state index < -0.39 is 0 Å². The molecule has 10 rings (SSSR count). The van der Waals surface area contributed by atoms with E-state index in [1.54, 1.807) is 0 Å². The average molecular weight is 722 g/mol. The van der Waals surface area contributed by atoms with Gasteiger partial charge >= 0.3 is 0 Å². The minimum Gasteiger partial charge on any atom is -0.344 e. The zero-order valence-electron chi connectivity index (χ0n) is 31.7. The van der Waals surface area contributed by atoms with Crippen LogP contribution in [0.4, 0.5) is 0 Å². The minimum atomic E-state index is -0.286. The van der Waals surface area contributed by atoms with Crippen molar-refractivity contribution in [1.29, 1.82) is 0 Å². The van der Waals surface area contributed by atoms with Crippen molar-refractivity contribution in [2.24, 2.45) is 21.8 Å². The van der Waals surface area contributed by atoms with Gasteiger partial charge in [-0.25, -0.2) is 9.98 Å². The van der Waals surface area contributed by atoms with Gasteiger partial charge in [-0.2, -0.15) is 0 Å². The first kappa shape index (κ1) is 33.9. The maximum Gasteiger partial charge on any atom is 0.159 e. The summed E-state index contributed by atoms with van der Waals surface area (Å²) in [6, 6.07) is 54.7. The topological polar surface area (TPSA) is 36.8 Å². The molecule has 0 saturated heterocycles. The molecule has 56 heavy (non-hydrogen) atoms. The van der Waals surface area contributed by atoms with Crippen LogP contribution in [0.15, 0.2) is 203 Å². The highest BCUT2D eigenvalue weighted by atomic mass is 15.2. The molecule has 4 atom stereocenters. The summed E-state index contributed by atoms with van der Waals surface area (Å²) in [6.45, 7) is 4.64. The number of allylic oxidation sites excluding steroid dienone is 4. The van der Waals surface area contributed by atoms with Crippen LogP contribution in [0.3, 0.4) is 0 Å². The molecule has 2 aliphatic carbocycles. The number of nitrogens with zero attached hydrogens (tertiary/aromatic N) is 2. The highest BCUT2D eigenvalue weighted by molar-refractivity contribution is 6.20. The van der Waals surface area contributed by atoms with Gasteiger partial charge < -0.3 is 5.32 Å². The molecule has 7 aromatic rings. The first-order valence-corrected chi connectivity index (χ1v) is 19.9. The lowest BCUT2D eigenvalue weighted by atomic mass is 9.76. The molecule has 4 unspecified atom stereocenters. The third kappa shape index (κ3) is 6.10. The molecular weight excluding hydrogens is 679 g/mol. The van der Waals surface area contributed by atoms with E-state index >= 15 is 0 Å². The quantitative estimate of drug-likeness (QED) is 0.171. The monoisotopic (exact) mass is 721 g/mol. The fourth-order valence-corrected chi connectivity index (χ4v) is 8.98. The maximum atomic E-state index is 5.41. The molecule has 0 spiro atoms. The van der Waals surface area contributed by atoms with Crippen LogP contribution in [-0.2, 0) is 0 Å². The van der Waals surface area contributed by atoms with Crippen LogP contribution >= 0.6 is 0 Å². The summed E-state index contributed by atoms with van der Waals surface area (Å²) in [5.74, 6) is 2.43. The van der Waals surface area contributed by atoms with Gasteiger partial charge in [0.25, 0.3) is 0 Å². The first-order chi connectivity index (χ1) is 27.6. The first-order valence-electron chi connectivity index (χ1n) is 19.9. The van der Waals surface area contributed by atoms with Crippen LogP contribution in [-0.4, -0.2) is 17.8 Å². The molecule has 1 N–H and O–H groups in total. The van der Waals surface area contributed by atoms with E-state index in [1.165, 1.54) is 60.1 Å². The Hall–Kier alpha value is -6.58. The van der Waals surface area contributed by atoms with Crippen molar-refractivity contribution >= 4 is 49.6 Å². The zero-order chi connectivity index (χ0) is 37.6. The van der Waals surface area contributed by atoms with Crippen molar-refractivity contribution < 1.29 is 0 Å². The Morgan fingerprint density at radius 2 is 1.23 bits per heavy atom. The van der Waals surface area contributed by atoms with Gasteiger partial charge in [-0.1, -0.05) is 190 Å². The van der Waals surface area contributed by atoms with Crippen LogP contribution in [0, 0.1) is 11.8 Å². The summed E-state index contributed by atoms with van der Waals surface area (Å²) in [5.41, 5.74) is 9.63. The van der Waals surface area contributed by atoms with Crippen molar-refractivity contribution in [2.75, 3.05) is 0 Å². The van der Waals surface area contributed by atoms with E-state index in [4.69, 9.17) is 9.98 Å². The molecule has 0 radical (unpaired) electrons. The Labute approximate surface area is 328 Å². The second-order valence-corrected chi connectivity index (χ2v) is 15.5. The van der Waals surface area contributed by atoms with E-state index in [2.05, 4.69) is 201 Å². The van der Waals surface area contributed by atoms with Crippen molar-refractivity contribution in [3.05, 3.63) is 210 Å². The van der Waals surface area contributed by atoms with Gasteiger partial charge in [0.15, 0.2) is 5.84 Å². The summed E-state index contributed by atoms with van der Waals surface area (Å²) in [7, 11) is 0. The standard InChI is InChI=1S/C53H43N3/c1-34-25-28-47(48(31-34)36-15-5-3-6-16-36)53-55-51(38-18-7-4-8-19-38)54-52(56-53)40-27-29-41(35(2)32-40)50-43-22-12-9-17-37(43)26-30-46(50)49-33-39-20-10-11-21-42(39)44-23-13-14-24-45(44)49/h3-24,26-35,41,52H,25H2,1-2H3,(H,54,55,56). The van der Waals surface area contributed by atoms with Gasteiger partial charge in [0.05, 0.1) is 0 Å². The molecule has 0 fully saturated rings. The summed E-state index contributed by atoms with van der Waals surface area (Å²) in [4.78, 5) is 10.6. The van der Waals surface area contributed by atoms with Gasteiger partial charge in [-0.15, -0.1) is 0 Å². The summed E-state index contributed by atoms with van der Waals surface area (Å²) >= 11 is 0. The Bertz CT molecular complexity index is 2840. The Kier molecular flexibility index (Phi) is 8.64. The van der Waals surface area contributed by atoms with Crippen molar-refractivity contribution in [3.63, 3.8) is 0 Å². The highest BCUT2D eigenvalue weighted by Gasteiger charge is 2.30. The second-order valence-electron chi connectivity index (χ2n) is 15.5. The normalized spacial score (nSPS) is 20.9. The Morgan fingerprint density at radius 3 is 2.00 bits per heavy atom. The van der Waals surface area contributed by atoms with Crippen molar-refractivity contribution in [3.8, 4) is 11.1 Å². The molecule has 1 heterocycles. The molecule has 0 saturated carbocycles. The minimum absolute atomic E-state index is 0.162. The molecule has 1 aliphatic heterocycles. The van der Waals surface area contributed by atoms with E-state index in [-0.39, 0.29) is 18.0 Å². The lowest BCUT2D eigenvalue weighted by Gasteiger charge is -2.31. The number of aliphatic imine (C=N–C) groups is 2. The van der Waals surface area contributed by atoms with E-state index in [0.717, 1.165) is 34.8 Å². The number of amidine groups is 2. The Balaban J connectivity index is 1.07. The number of rotatable bonds is 6. The van der Waals surface area contributed by atoms with Crippen LogP contribution < -0.4 is 5.32 Å². The summed E-state index contributed by atoms with van der Waals surface area (Å²) in [6.07, 6.45) is 12.6. The average Bonchev–Trinajstić information content (AvgIpc) is 3.26. The molecule has 3 aliphatic rings. The number of nitrogens with one attached hydrogen (secondary N) is 1. The fourth-order valence-electron chi connectivity index (χ4n) is 8.98. The van der Waals surface area contributed by atoms with Crippen LogP contribution in [0.25, 0.3) is 49.0 Å². The summed E-state index contributed by atoms with van der Waals surface area (Å²) < 4.78 is 0. The third-order valence-electron chi connectivity index (χ3n) is 11.7. The van der Waals surface area contributed by atoms with Gasteiger partial charge in [0.1, 0.15) is 12.0 Å². The SMILES string of the molecule is CC1C=C(c2ccccc2)C(C2=NC(C3=CC(C)C(c4c(-c5cc6ccccc6c6ccccc56)ccc5ccccc45)C=C3)NC(c3ccccc3)=N2)=CC1.